The summed E-state index contributed by atoms with van der Waals surface area (Å²) in [5.74, 6) is -0.470. The van der Waals surface area contributed by atoms with Crippen LogP contribution in [0, 0.1) is 0 Å². The molecular weight excluding hydrogens is 240 g/mol. The van der Waals surface area contributed by atoms with Crippen molar-refractivity contribution >= 4 is 5.97 Å². The van der Waals surface area contributed by atoms with Gasteiger partial charge in [-0.15, -0.1) is 0 Å². The van der Waals surface area contributed by atoms with Crippen LogP contribution in [0.4, 0.5) is 0 Å². The van der Waals surface area contributed by atoms with E-state index in [2.05, 4.69) is 0 Å². The molecule has 0 fully saturated rings. The standard InChI is InChI=1S/C12H20O6/c1-8(14)17-7-12-10(16)5-3-2-4-9(15)11(6-13)18-12/h2-3,9-13,15-16H,4-7H2,1H3/b3-2-/t9-,10+,11-,12+/m0/s1. The molecule has 0 spiro atoms. The third-order valence-electron chi connectivity index (χ3n) is 2.76. The summed E-state index contributed by atoms with van der Waals surface area (Å²) in [6.45, 7) is 0.797. The maximum Gasteiger partial charge on any atom is 0.302 e. The topological polar surface area (TPSA) is 96.2 Å². The minimum absolute atomic E-state index is 0.104. The van der Waals surface area contributed by atoms with E-state index < -0.39 is 30.4 Å². The van der Waals surface area contributed by atoms with Crippen LogP contribution in [-0.2, 0) is 14.3 Å². The van der Waals surface area contributed by atoms with Gasteiger partial charge in [0.1, 0.15) is 18.8 Å². The van der Waals surface area contributed by atoms with Gasteiger partial charge in [-0.25, -0.2) is 0 Å². The van der Waals surface area contributed by atoms with E-state index in [9.17, 15) is 15.0 Å². The Kier molecular flexibility index (Phi) is 6.28. The monoisotopic (exact) mass is 260 g/mol. The van der Waals surface area contributed by atoms with Gasteiger partial charge in [-0.05, 0) is 12.8 Å². The molecule has 4 atom stereocenters. The number of rotatable bonds is 3. The molecule has 0 aliphatic carbocycles. The first-order valence-electron chi connectivity index (χ1n) is 5.95. The largest absolute Gasteiger partial charge is 0.463 e. The molecule has 18 heavy (non-hydrogen) atoms. The van der Waals surface area contributed by atoms with E-state index in [0.29, 0.717) is 12.8 Å². The SMILES string of the molecule is CC(=O)OC[C@H]1O[C@@H](CO)[C@@H](O)C/C=C\C[C@H]1O. The first kappa shape index (κ1) is 15.1. The molecule has 1 rings (SSSR count). The number of esters is 1. The van der Waals surface area contributed by atoms with Gasteiger partial charge in [-0.1, -0.05) is 12.2 Å². The Bertz CT molecular complexity index is 290. The molecule has 0 unspecified atom stereocenters. The van der Waals surface area contributed by atoms with Crippen LogP contribution >= 0.6 is 0 Å². The number of hydrogen-bond acceptors (Lipinski definition) is 6. The van der Waals surface area contributed by atoms with E-state index in [1.807, 2.05) is 0 Å². The number of aliphatic hydroxyl groups is 3. The first-order valence-corrected chi connectivity index (χ1v) is 5.95. The van der Waals surface area contributed by atoms with Crippen LogP contribution in [0.25, 0.3) is 0 Å². The van der Waals surface area contributed by atoms with Gasteiger partial charge in [-0.2, -0.15) is 0 Å². The zero-order chi connectivity index (χ0) is 13.5. The van der Waals surface area contributed by atoms with Crippen molar-refractivity contribution in [1.82, 2.24) is 0 Å². The summed E-state index contributed by atoms with van der Waals surface area (Å²) in [6.07, 6.45) is 0.892. The van der Waals surface area contributed by atoms with Gasteiger partial charge in [0.05, 0.1) is 18.8 Å². The number of hydrogen-bond donors (Lipinski definition) is 3. The van der Waals surface area contributed by atoms with Crippen molar-refractivity contribution in [3.8, 4) is 0 Å². The van der Waals surface area contributed by atoms with Gasteiger partial charge in [0, 0.05) is 6.92 Å². The molecule has 0 aromatic rings. The molecule has 6 heteroatoms. The second-order valence-corrected chi connectivity index (χ2v) is 4.28. The molecule has 1 aliphatic heterocycles. The Labute approximate surface area is 106 Å². The zero-order valence-corrected chi connectivity index (χ0v) is 10.4. The second-order valence-electron chi connectivity index (χ2n) is 4.28. The lowest BCUT2D eigenvalue weighted by molar-refractivity contribution is -0.163. The molecule has 1 aliphatic rings. The molecule has 0 radical (unpaired) electrons. The molecule has 0 saturated heterocycles. The summed E-state index contributed by atoms with van der Waals surface area (Å²) in [4.78, 5) is 10.8. The number of ether oxygens (including phenoxy) is 2. The highest BCUT2D eigenvalue weighted by atomic mass is 16.6. The van der Waals surface area contributed by atoms with Gasteiger partial charge in [0.25, 0.3) is 0 Å². The molecular formula is C12H20O6. The summed E-state index contributed by atoms with van der Waals surface area (Å²) in [5.41, 5.74) is 0. The van der Waals surface area contributed by atoms with Gasteiger partial charge < -0.3 is 24.8 Å². The van der Waals surface area contributed by atoms with Crippen LogP contribution in [0.1, 0.15) is 19.8 Å². The van der Waals surface area contributed by atoms with Crippen LogP contribution < -0.4 is 0 Å². The van der Waals surface area contributed by atoms with Crippen LogP contribution in [-0.4, -0.2) is 58.9 Å². The van der Waals surface area contributed by atoms with E-state index in [4.69, 9.17) is 14.6 Å². The zero-order valence-electron chi connectivity index (χ0n) is 10.4. The van der Waals surface area contributed by atoms with Gasteiger partial charge in [-0.3, -0.25) is 4.79 Å². The third-order valence-corrected chi connectivity index (χ3v) is 2.76. The maximum absolute atomic E-state index is 10.8. The van der Waals surface area contributed by atoms with Crippen molar-refractivity contribution in [2.45, 2.75) is 44.2 Å². The van der Waals surface area contributed by atoms with Crippen molar-refractivity contribution in [2.24, 2.45) is 0 Å². The third kappa shape index (κ3) is 4.73. The van der Waals surface area contributed by atoms with Crippen LogP contribution in [0.3, 0.4) is 0 Å². The van der Waals surface area contributed by atoms with E-state index in [0.717, 1.165) is 0 Å². The van der Waals surface area contributed by atoms with Gasteiger partial charge in [0.2, 0.25) is 0 Å². The van der Waals surface area contributed by atoms with Gasteiger partial charge in [0.15, 0.2) is 0 Å². The lowest BCUT2D eigenvalue weighted by Crippen LogP contribution is -2.42. The Balaban J connectivity index is 2.69. The molecule has 0 aromatic heterocycles. The van der Waals surface area contributed by atoms with Crippen molar-refractivity contribution in [2.75, 3.05) is 13.2 Å². The predicted molar refractivity (Wildman–Crippen MR) is 62.8 cm³/mol. The van der Waals surface area contributed by atoms with Crippen molar-refractivity contribution in [3.63, 3.8) is 0 Å². The number of aliphatic hydroxyl groups excluding tert-OH is 3. The molecule has 104 valence electrons. The lowest BCUT2D eigenvalue weighted by Gasteiger charge is -2.28. The van der Waals surface area contributed by atoms with Crippen LogP contribution in [0.15, 0.2) is 12.2 Å². The molecule has 0 saturated carbocycles. The molecule has 0 amide bonds. The molecule has 3 N–H and O–H groups in total. The molecule has 0 bridgehead atoms. The summed E-state index contributed by atoms with van der Waals surface area (Å²) >= 11 is 0. The normalized spacial score (nSPS) is 35.1. The van der Waals surface area contributed by atoms with Crippen molar-refractivity contribution in [3.05, 3.63) is 12.2 Å². The average Bonchev–Trinajstić information content (AvgIpc) is 2.39. The Morgan fingerprint density at radius 3 is 2.33 bits per heavy atom. The Morgan fingerprint density at radius 1 is 1.28 bits per heavy atom. The smallest absolute Gasteiger partial charge is 0.302 e. The van der Waals surface area contributed by atoms with Crippen molar-refractivity contribution in [1.29, 1.82) is 0 Å². The fourth-order valence-corrected chi connectivity index (χ4v) is 1.70. The summed E-state index contributed by atoms with van der Waals surface area (Å²) < 4.78 is 10.2. The van der Waals surface area contributed by atoms with E-state index in [-0.39, 0.29) is 13.2 Å². The molecule has 1 heterocycles. The predicted octanol–water partition coefficient (Wildman–Crippen LogP) is -0.633. The van der Waals surface area contributed by atoms with Gasteiger partial charge >= 0.3 is 5.97 Å². The maximum atomic E-state index is 10.8. The molecule has 6 nitrogen and oxygen atoms in total. The first-order chi connectivity index (χ1) is 8.54. The van der Waals surface area contributed by atoms with E-state index in [1.165, 1.54) is 6.92 Å². The van der Waals surface area contributed by atoms with Crippen LogP contribution in [0.5, 0.6) is 0 Å². The van der Waals surface area contributed by atoms with Crippen molar-refractivity contribution < 1.29 is 29.6 Å². The highest BCUT2D eigenvalue weighted by molar-refractivity contribution is 5.65. The van der Waals surface area contributed by atoms with E-state index in [1.54, 1.807) is 12.2 Å². The quantitative estimate of drug-likeness (QED) is 0.462. The minimum Gasteiger partial charge on any atom is -0.463 e. The lowest BCUT2D eigenvalue weighted by atomic mass is 10.1. The second kappa shape index (κ2) is 7.48. The minimum atomic E-state index is -0.851. The highest BCUT2D eigenvalue weighted by Gasteiger charge is 2.28. The summed E-state index contributed by atoms with van der Waals surface area (Å²) in [6, 6.07) is 0. The van der Waals surface area contributed by atoms with E-state index >= 15 is 0 Å². The fraction of sp³-hybridized carbons (Fsp3) is 0.750. The number of carbonyl (C=O) groups is 1. The Hall–Kier alpha value is -0.950. The fourth-order valence-electron chi connectivity index (χ4n) is 1.70. The van der Waals surface area contributed by atoms with Crippen LogP contribution in [0.2, 0.25) is 0 Å². The highest BCUT2D eigenvalue weighted by Crippen LogP contribution is 2.15. The Morgan fingerprint density at radius 2 is 1.83 bits per heavy atom. The summed E-state index contributed by atoms with van der Waals surface area (Å²) in [5, 5.41) is 28.8. The molecule has 0 aromatic carbocycles. The number of carbonyl (C=O) groups excluding carboxylic acids is 1. The summed E-state index contributed by atoms with van der Waals surface area (Å²) in [7, 11) is 0. The average molecular weight is 260 g/mol.